The van der Waals surface area contributed by atoms with Crippen molar-refractivity contribution in [2.75, 3.05) is 33.2 Å². The second-order valence-electron chi connectivity index (χ2n) is 7.85. The van der Waals surface area contributed by atoms with Crippen molar-refractivity contribution in [3.05, 3.63) is 53.9 Å². The Morgan fingerprint density at radius 2 is 1.96 bits per heavy atom. The van der Waals surface area contributed by atoms with E-state index in [4.69, 9.17) is 0 Å². The maximum atomic E-state index is 12.5. The Labute approximate surface area is 154 Å². The number of carbonyl (C=O) groups excluding carboxylic acids is 1. The molecule has 2 aliphatic heterocycles. The highest BCUT2D eigenvalue weighted by atomic mass is 16.2. The fourth-order valence-corrected chi connectivity index (χ4v) is 4.24. The van der Waals surface area contributed by atoms with Gasteiger partial charge in [0.2, 0.25) is 0 Å². The van der Waals surface area contributed by atoms with E-state index in [-0.39, 0.29) is 6.03 Å². The van der Waals surface area contributed by atoms with E-state index in [1.807, 2.05) is 40.2 Å². The summed E-state index contributed by atoms with van der Waals surface area (Å²) < 4.78 is 1.91. The molecule has 1 spiro atoms. The third kappa shape index (κ3) is 3.75. The number of hydrogen-bond acceptors (Lipinski definition) is 3. The number of aromatic nitrogens is 2. The molecule has 138 valence electrons. The van der Waals surface area contributed by atoms with Gasteiger partial charge in [0.05, 0.1) is 12.7 Å². The van der Waals surface area contributed by atoms with Gasteiger partial charge in [0.15, 0.2) is 0 Å². The minimum atomic E-state index is 0.0484. The largest absolute Gasteiger partial charge is 0.334 e. The second kappa shape index (κ2) is 7.11. The van der Waals surface area contributed by atoms with Crippen LogP contribution in [-0.2, 0) is 13.1 Å². The number of rotatable bonds is 4. The first kappa shape index (κ1) is 17.1. The maximum Gasteiger partial charge on any atom is 0.317 e. The van der Waals surface area contributed by atoms with E-state index >= 15 is 0 Å². The van der Waals surface area contributed by atoms with Gasteiger partial charge in [-0.3, -0.25) is 4.68 Å². The second-order valence-corrected chi connectivity index (χ2v) is 7.85. The van der Waals surface area contributed by atoms with E-state index < -0.39 is 0 Å². The molecule has 2 aliphatic rings. The summed E-state index contributed by atoms with van der Waals surface area (Å²) in [6.07, 6.45) is 6.17. The highest BCUT2D eigenvalue weighted by Gasteiger charge is 2.43. The summed E-state index contributed by atoms with van der Waals surface area (Å²) in [4.78, 5) is 16.9. The molecule has 6 heteroatoms. The summed E-state index contributed by atoms with van der Waals surface area (Å²) in [5.41, 5.74) is 2.58. The summed E-state index contributed by atoms with van der Waals surface area (Å²) in [6, 6.07) is 10.3. The Bertz CT molecular complexity index is 759. The molecule has 3 heterocycles. The molecule has 4 rings (SSSR count). The first-order valence-corrected chi connectivity index (χ1v) is 9.39. The Hall–Kier alpha value is -2.34. The fraction of sp³-hybridized carbons (Fsp3) is 0.500. The van der Waals surface area contributed by atoms with Gasteiger partial charge in [0.1, 0.15) is 0 Å². The third-order valence-corrected chi connectivity index (χ3v) is 5.67. The first-order valence-electron chi connectivity index (χ1n) is 9.39. The predicted octanol–water partition coefficient (Wildman–Crippen LogP) is 2.17. The number of hydrogen-bond donors (Lipinski definition) is 1. The molecule has 2 saturated heterocycles. The molecule has 0 saturated carbocycles. The highest BCUT2D eigenvalue weighted by Crippen LogP contribution is 2.38. The number of benzene rings is 1. The van der Waals surface area contributed by atoms with Crippen LogP contribution in [-0.4, -0.2) is 58.8 Å². The normalized spacial score (nSPS) is 23.0. The van der Waals surface area contributed by atoms with E-state index in [0.29, 0.717) is 12.0 Å². The molecule has 1 aromatic carbocycles. The van der Waals surface area contributed by atoms with Crippen LogP contribution in [0.3, 0.4) is 0 Å². The van der Waals surface area contributed by atoms with Crippen molar-refractivity contribution in [1.82, 2.24) is 24.9 Å². The van der Waals surface area contributed by atoms with Crippen LogP contribution in [0.5, 0.6) is 0 Å². The maximum absolute atomic E-state index is 12.5. The van der Waals surface area contributed by atoms with Gasteiger partial charge in [-0.15, -0.1) is 0 Å². The molecule has 1 N–H and O–H groups in total. The van der Waals surface area contributed by atoms with Crippen molar-refractivity contribution in [3.63, 3.8) is 0 Å². The number of likely N-dealkylation sites (tertiary alicyclic amines) is 2. The van der Waals surface area contributed by atoms with Crippen LogP contribution < -0.4 is 5.32 Å². The monoisotopic (exact) mass is 353 g/mol. The van der Waals surface area contributed by atoms with Crippen molar-refractivity contribution in [3.8, 4) is 0 Å². The van der Waals surface area contributed by atoms with Gasteiger partial charge in [0, 0.05) is 43.4 Å². The molecule has 6 nitrogen and oxygen atoms in total. The zero-order chi connectivity index (χ0) is 18.0. The van der Waals surface area contributed by atoms with Crippen LogP contribution in [0.15, 0.2) is 42.7 Å². The lowest BCUT2D eigenvalue weighted by Gasteiger charge is -2.23. The van der Waals surface area contributed by atoms with Crippen LogP contribution in [0.2, 0.25) is 0 Å². The molecule has 1 atom stereocenters. The first-order chi connectivity index (χ1) is 12.6. The van der Waals surface area contributed by atoms with Gasteiger partial charge in [-0.2, -0.15) is 5.10 Å². The molecule has 2 fully saturated rings. The van der Waals surface area contributed by atoms with E-state index in [0.717, 1.165) is 44.7 Å². The fourth-order valence-electron chi connectivity index (χ4n) is 4.24. The van der Waals surface area contributed by atoms with Crippen LogP contribution in [0.1, 0.15) is 24.0 Å². The van der Waals surface area contributed by atoms with Crippen molar-refractivity contribution in [2.24, 2.45) is 5.41 Å². The lowest BCUT2D eigenvalue weighted by atomic mass is 9.86. The molecule has 0 radical (unpaired) electrons. The Kier molecular flexibility index (Phi) is 4.68. The summed E-state index contributed by atoms with van der Waals surface area (Å²) >= 11 is 0. The zero-order valence-electron chi connectivity index (χ0n) is 15.4. The molecule has 26 heavy (non-hydrogen) atoms. The Balaban J connectivity index is 1.27. The molecular formula is C20H27N5O. The SMILES string of the molecule is CN1CCC2(CCN(C(=O)NCc3cnn(Cc4ccccc4)c3)C2)C1. The number of carbonyl (C=O) groups is 1. The van der Waals surface area contributed by atoms with Crippen LogP contribution >= 0.6 is 0 Å². The Morgan fingerprint density at radius 1 is 1.15 bits per heavy atom. The highest BCUT2D eigenvalue weighted by molar-refractivity contribution is 5.74. The Morgan fingerprint density at radius 3 is 2.73 bits per heavy atom. The lowest BCUT2D eigenvalue weighted by Crippen LogP contribution is -2.40. The smallest absolute Gasteiger partial charge is 0.317 e. The molecule has 0 aliphatic carbocycles. The molecule has 0 bridgehead atoms. The summed E-state index contributed by atoms with van der Waals surface area (Å²) in [5, 5.41) is 7.46. The average molecular weight is 353 g/mol. The van der Waals surface area contributed by atoms with Gasteiger partial charge >= 0.3 is 6.03 Å². The average Bonchev–Trinajstić information content (AvgIpc) is 3.35. The van der Waals surface area contributed by atoms with Crippen LogP contribution in [0.4, 0.5) is 4.79 Å². The van der Waals surface area contributed by atoms with Crippen molar-refractivity contribution in [1.29, 1.82) is 0 Å². The van der Waals surface area contributed by atoms with E-state index in [1.165, 1.54) is 12.0 Å². The molecule has 1 aromatic heterocycles. The number of urea groups is 1. The standard InChI is InChI=1S/C20H27N5O/c1-23-9-7-20(15-23)8-10-24(16-20)19(26)21-11-18-12-22-25(14-18)13-17-5-3-2-4-6-17/h2-6,12,14H,7-11,13,15-16H2,1H3,(H,21,26). The summed E-state index contributed by atoms with van der Waals surface area (Å²) in [6.45, 7) is 5.29. The van der Waals surface area contributed by atoms with Gasteiger partial charge in [-0.05, 0) is 32.0 Å². The van der Waals surface area contributed by atoms with Crippen molar-refractivity contribution in [2.45, 2.75) is 25.9 Å². The molecule has 1 unspecified atom stereocenters. The van der Waals surface area contributed by atoms with Gasteiger partial charge < -0.3 is 15.1 Å². The number of nitrogens with zero attached hydrogens (tertiary/aromatic N) is 4. The summed E-state index contributed by atoms with van der Waals surface area (Å²) in [7, 11) is 2.17. The van der Waals surface area contributed by atoms with Gasteiger partial charge in [-0.25, -0.2) is 4.79 Å². The topological polar surface area (TPSA) is 53.4 Å². The van der Waals surface area contributed by atoms with E-state index in [9.17, 15) is 4.79 Å². The molecular weight excluding hydrogens is 326 g/mol. The van der Waals surface area contributed by atoms with Crippen LogP contribution in [0, 0.1) is 5.41 Å². The van der Waals surface area contributed by atoms with Gasteiger partial charge in [0.25, 0.3) is 0 Å². The number of nitrogens with one attached hydrogen (secondary N) is 1. The quantitative estimate of drug-likeness (QED) is 0.917. The zero-order valence-corrected chi connectivity index (χ0v) is 15.4. The van der Waals surface area contributed by atoms with Crippen molar-refractivity contribution >= 4 is 6.03 Å². The number of amides is 2. The van der Waals surface area contributed by atoms with Crippen molar-refractivity contribution < 1.29 is 4.79 Å². The van der Waals surface area contributed by atoms with Crippen LogP contribution in [0.25, 0.3) is 0 Å². The van der Waals surface area contributed by atoms with E-state index in [2.05, 4.69) is 34.5 Å². The van der Waals surface area contributed by atoms with Gasteiger partial charge in [-0.1, -0.05) is 30.3 Å². The predicted molar refractivity (Wildman–Crippen MR) is 101 cm³/mol. The lowest BCUT2D eigenvalue weighted by molar-refractivity contribution is 0.199. The van der Waals surface area contributed by atoms with E-state index in [1.54, 1.807) is 0 Å². The molecule has 2 amide bonds. The minimum Gasteiger partial charge on any atom is -0.334 e. The summed E-state index contributed by atoms with van der Waals surface area (Å²) in [5.74, 6) is 0. The molecule has 2 aromatic rings. The third-order valence-electron chi connectivity index (χ3n) is 5.67. The minimum absolute atomic E-state index is 0.0484.